The van der Waals surface area contributed by atoms with Gasteiger partial charge in [0.1, 0.15) is 4.90 Å². The third-order valence-corrected chi connectivity index (χ3v) is 5.45. The smallest absolute Gasteiger partial charge is 0.270 e. The van der Waals surface area contributed by atoms with Crippen LogP contribution in [0.2, 0.25) is 0 Å². The molecule has 0 spiro atoms. The zero-order valence-corrected chi connectivity index (χ0v) is 12.6. The van der Waals surface area contributed by atoms with Gasteiger partial charge in [-0.15, -0.1) is 0 Å². The Labute approximate surface area is 123 Å². The molecule has 21 heavy (non-hydrogen) atoms. The van der Waals surface area contributed by atoms with Gasteiger partial charge in [-0.3, -0.25) is 10.1 Å². The predicted molar refractivity (Wildman–Crippen MR) is 79.3 cm³/mol. The van der Waals surface area contributed by atoms with Gasteiger partial charge in [0.25, 0.3) is 5.69 Å². The van der Waals surface area contributed by atoms with Gasteiger partial charge in [-0.1, -0.05) is 19.8 Å². The molecule has 0 saturated heterocycles. The first kappa shape index (κ1) is 15.7. The van der Waals surface area contributed by atoms with Gasteiger partial charge in [-0.05, 0) is 24.3 Å². The zero-order chi connectivity index (χ0) is 15.7. The van der Waals surface area contributed by atoms with Crippen molar-refractivity contribution in [1.82, 2.24) is 4.72 Å². The second-order valence-electron chi connectivity index (χ2n) is 5.82. The van der Waals surface area contributed by atoms with Crippen LogP contribution in [0.3, 0.4) is 0 Å². The van der Waals surface area contributed by atoms with Crippen LogP contribution in [-0.4, -0.2) is 19.9 Å². The summed E-state index contributed by atoms with van der Waals surface area (Å²) in [6, 6.07) is 3.42. The molecule has 0 unspecified atom stereocenters. The first-order valence-corrected chi connectivity index (χ1v) is 8.25. The average Bonchev–Trinajstić information content (AvgIpc) is 2.84. The molecule has 1 fully saturated rings. The van der Waals surface area contributed by atoms with Crippen LogP contribution in [0.5, 0.6) is 0 Å². The summed E-state index contributed by atoms with van der Waals surface area (Å²) in [5.41, 5.74) is 5.31. The maximum Gasteiger partial charge on any atom is 0.270 e. The van der Waals surface area contributed by atoms with Gasteiger partial charge < -0.3 is 5.73 Å². The molecule has 2 rings (SSSR count). The Hall–Kier alpha value is -1.67. The molecule has 3 N–H and O–H groups in total. The fraction of sp³-hybridized carbons (Fsp3) is 0.538. The largest absolute Gasteiger partial charge is 0.398 e. The van der Waals surface area contributed by atoms with Crippen molar-refractivity contribution < 1.29 is 13.3 Å². The highest BCUT2D eigenvalue weighted by atomic mass is 32.2. The molecule has 0 aliphatic heterocycles. The summed E-state index contributed by atoms with van der Waals surface area (Å²) in [5.74, 6) is 0. The zero-order valence-electron chi connectivity index (χ0n) is 11.8. The molecule has 1 aromatic rings. The van der Waals surface area contributed by atoms with Crippen molar-refractivity contribution in [1.29, 1.82) is 0 Å². The van der Waals surface area contributed by atoms with E-state index in [4.69, 9.17) is 5.73 Å². The number of sulfonamides is 1. The Morgan fingerprint density at radius 2 is 2.00 bits per heavy atom. The number of anilines is 1. The lowest BCUT2D eigenvalue weighted by molar-refractivity contribution is -0.385. The van der Waals surface area contributed by atoms with E-state index in [1.807, 2.05) is 6.92 Å². The lowest BCUT2D eigenvalue weighted by atomic mass is 9.89. The summed E-state index contributed by atoms with van der Waals surface area (Å²) in [6.07, 6.45) is 4.13. The highest BCUT2D eigenvalue weighted by molar-refractivity contribution is 7.89. The summed E-state index contributed by atoms with van der Waals surface area (Å²) in [6.45, 7) is 2.36. The van der Waals surface area contributed by atoms with Crippen molar-refractivity contribution in [2.75, 3.05) is 12.3 Å². The van der Waals surface area contributed by atoms with Gasteiger partial charge in [-0.25, -0.2) is 13.1 Å². The fourth-order valence-corrected chi connectivity index (χ4v) is 3.97. The van der Waals surface area contributed by atoms with E-state index in [1.165, 1.54) is 12.1 Å². The molecule has 8 heteroatoms. The van der Waals surface area contributed by atoms with E-state index >= 15 is 0 Å². The number of nitro groups is 1. The summed E-state index contributed by atoms with van der Waals surface area (Å²) in [4.78, 5) is 9.88. The molecule has 1 aromatic carbocycles. The Kier molecular flexibility index (Phi) is 4.20. The second-order valence-corrected chi connectivity index (χ2v) is 7.56. The molecule has 0 aromatic heterocycles. The number of nitro benzene ring substituents is 1. The number of nitrogen functional groups attached to an aromatic ring is 1. The number of nitrogens with zero attached hydrogens (tertiary/aromatic N) is 1. The van der Waals surface area contributed by atoms with Crippen LogP contribution in [0.15, 0.2) is 23.1 Å². The van der Waals surface area contributed by atoms with Crippen LogP contribution in [0, 0.1) is 15.5 Å². The van der Waals surface area contributed by atoms with Crippen LogP contribution in [0.25, 0.3) is 0 Å². The lowest BCUT2D eigenvalue weighted by Crippen LogP contribution is -2.34. The van der Waals surface area contributed by atoms with Crippen molar-refractivity contribution in [3.63, 3.8) is 0 Å². The van der Waals surface area contributed by atoms with Gasteiger partial charge in [0, 0.05) is 18.7 Å². The topological polar surface area (TPSA) is 115 Å². The summed E-state index contributed by atoms with van der Waals surface area (Å²) >= 11 is 0. The van der Waals surface area contributed by atoms with Crippen molar-refractivity contribution in [3.05, 3.63) is 28.3 Å². The van der Waals surface area contributed by atoms with Crippen LogP contribution in [0.4, 0.5) is 11.4 Å². The Morgan fingerprint density at radius 1 is 1.38 bits per heavy atom. The van der Waals surface area contributed by atoms with E-state index in [0.717, 1.165) is 31.7 Å². The molecule has 0 atom stereocenters. The van der Waals surface area contributed by atoms with E-state index in [1.54, 1.807) is 0 Å². The molecular weight excluding hydrogens is 294 g/mol. The number of benzene rings is 1. The molecule has 1 saturated carbocycles. The molecule has 1 aliphatic carbocycles. The first-order valence-electron chi connectivity index (χ1n) is 6.77. The quantitative estimate of drug-likeness (QED) is 0.490. The summed E-state index contributed by atoms with van der Waals surface area (Å²) in [7, 11) is -3.85. The minimum Gasteiger partial charge on any atom is -0.398 e. The normalized spacial score (nSPS) is 17.8. The molecule has 0 radical (unpaired) electrons. The fourth-order valence-electron chi connectivity index (χ4n) is 2.62. The maximum absolute atomic E-state index is 12.3. The monoisotopic (exact) mass is 313 g/mol. The minimum atomic E-state index is -3.85. The molecular formula is C13H19N3O4S. The van der Waals surface area contributed by atoms with Gasteiger partial charge in [-0.2, -0.15) is 0 Å². The van der Waals surface area contributed by atoms with Crippen LogP contribution >= 0.6 is 0 Å². The highest BCUT2D eigenvalue weighted by Crippen LogP contribution is 2.37. The third kappa shape index (κ3) is 3.51. The number of rotatable bonds is 5. The standard InChI is InChI=1S/C13H19N3O4S/c1-13(6-2-3-7-13)9-15-21(19,20)12-8-10(16(17)18)4-5-11(12)14/h4-5,8,15H,2-3,6-7,9,14H2,1H3. The van der Waals surface area contributed by atoms with Gasteiger partial charge in [0.2, 0.25) is 10.0 Å². The predicted octanol–water partition coefficient (Wildman–Crippen LogP) is 2.04. The second kappa shape index (κ2) is 5.61. The van der Waals surface area contributed by atoms with Crippen molar-refractivity contribution >= 4 is 21.4 Å². The number of hydrogen-bond acceptors (Lipinski definition) is 5. The van der Waals surface area contributed by atoms with Gasteiger partial charge in [0.05, 0.1) is 10.6 Å². The third-order valence-electron chi connectivity index (χ3n) is 4.00. The van der Waals surface area contributed by atoms with E-state index in [2.05, 4.69) is 4.72 Å². The molecule has 7 nitrogen and oxygen atoms in total. The van der Waals surface area contributed by atoms with E-state index in [0.29, 0.717) is 6.54 Å². The van der Waals surface area contributed by atoms with Gasteiger partial charge in [0.15, 0.2) is 0 Å². The van der Waals surface area contributed by atoms with Crippen LogP contribution in [-0.2, 0) is 10.0 Å². The molecule has 1 aliphatic rings. The van der Waals surface area contributed by atoms with Crippen molar-refractivity contribution in [2.45, 2.75) is 37.5 Å². The first-order chi connectivity index (χ1) is 9.73. The van der Waals surface area contributed by atoms with Crippen molar-refractivity contribution in [3.8, 4) is 0 Å². The minimum absolute atomic E-state index is 0.00433. The molecule has 116 valence electrons. The Morgan fingerprint density at radius 3 is 2.57 bits per heavy atom. The number of hydrogen-bond donors (Lipinski definition) is 2. The lowest BCUT2D eigenvalue weighted by Gasteiger charge is -2.23. The Balaban J connectivity index is 2.23. The van der Waals surface area contributed by atoms with Crippen LogP contribution < -0.4 is 10.5 Å². The van der Waals surface area contributed by atoms with Crippen molar-refractivity contribution in [2.24, 2.45) is 5.41 Å². The summed E-state index contributed by atoms with van der Waals surface area (Å²) in [5, 5.41) is 10.8. The molecule has 0 heterocycles. The molecule has 0 amide bonds. The highest BCUT2D eigenvalue weighted by Gasteiger charge is 2.31. The summed E-state index contributed by atoms with van der Waals surface area (Å²) < 4.78 is 27.2. The maximum atomic E-state index is 12.3. The molecule has 0 bridgehead atoms. The van der Waals surface area contributed by atoms with E-state index < -0.39 is 14.9 Å². The number of non-ortho nitro benzene ring substituents is 1. The Bertz CT molecular complexity index is 651. The SMILES string of the molecule is CC1(CNS(=O)(=O)c2cc([N+](=O)[O-])ccc2N)CCCC1. The van der Waals surface area contributed by atoms with E-state index in [-0.39, 0.29) is 21.7 Å². The van der Waals surface area contributed by atoms with Gasteiger partial charge >= 0.3 is 0 Å². The number of nitrogens with one attached hydrogen (secondary N) is 1. The average molecular weight is 313 g/mol. The number of nitrogens with two attached hydrogens (primary N) is 1. The van der Waals surface area contributed by atoms with E-state index in [9.17, 15) is 18.5 Å². The van der Waals surface area contributed by atoms with Crippen LogP contribution in [0.1, 0.15) is 32.6 Å².